The van der Waals surface area contributed by atoms with Crippen LogP contribution in [0.25, 0.3) is 0 Å². The lowest BCUT2D eigenvalue weighted by Gasteiger charge is -2.18. The number of rotatable bonds is 49. The minimum absolute atomic E-state index is 0.0650. The molecule has 6 heteroatoms. The third-order valence-corrected chi connectivity index (χ3v) is 12.1. The van der Waals surface area contributed by atoms with Crippen molar-refractivity contribution in [3.05, 3.63) is 0 Å². The quantitative estimate of drug-likeness (QED) is 0.0345. The maximum atomic E-state index is 12.5. The van der Waals surface area contributed by atoms with Gasteiger partial charge in [-0.05, 0) is 19.3 Å². The van der Waals surface area contributed by atoms with Gasteiger partial charge in [-0.25, -0.2) is 0 Å². The Kier molecular flexibility index (Phi) is 47.7. The summed E-state index contributed by atoms with van der Waals surface area (Å²) in [7, 11) is 0. The van der Waals surface area contributed by atoms with Gasteiger partial charge in [0.1, 0.15) is 13.2 Å². The van der Waals surface area contributed by atoms with Gasteiger partial charge in [-0.3, -0.25) is 14.4 Å². The van der Waals surface area contributed by atoms with Crippen LogP contribution in [0, 0.1) is 0 Å². The van der Waals surface area contributed by atoms with E-state index in [1.54, 1.807) is 0 Å². The van der Waals surface area contributed by atoms with Crippen LogP contribution in [0.15, 0.2) is 0 Å². The van der Waals surface area contributed by atoms with Crippen molar-refractivity contribution in [1.29, 1.82) is 0 Å². The fourth-order valence-corrected chi connectivity index (χ4v) is 8.09. The van der Waals surface area contributed by atoms with Gasteiger partial charge in [-0.2, -0.15) is 0 Å². The Morgan fingerprint density at radius 1 is 0.271 bits per heavy atom. The van der Waals surface area contributed by atoms with Crippen molar-refractivity contribution in [2.45, 2.75) is 309 Å². The summed E-state index contributed by atoms with van der Waals surface area (Å²) in [4.78, 5) is 37.3. The molecule has 0 saturated heterocycles. The zero-order valence-electron chi connectivity index (χ0n) is 40.1. The van der Waals surface area contributed by atoms with E-state index in [-0.39, 0.29) is 31.1 Å². The van der Waals surface area contributed by atoms with E-state index in [4.69, 9.17) is 14.2 Å². The third kappa shape index (κ3) is 47.3. The fraction of sp³-hybridized carbons (Fsp3) is 0.943. The van der Waals surface area contributed by atoms with Crippen LogP contribution in [0.2, 0.25) is 0 Å². The minimum atomic E-state index is -0.756. The average molecular weight is 835 g/mol. The zero-order chi connectivity index (χ0) is 43.0. The van der Waals surface area contributed by atoms with Crippen molar-refractivity contribution in [3.63, 3.8) is 0 Å². The molecule has 0 aliphatic carbocycles. The lowest BCUT2D eigenvalue weighted by Crippen LogP contribution is -2.30. The molecule has 0 radical (unpaired) electrons. The molecule has 1 atom stereocenters. The number of unbranched alkanes of at least 4 members (excludes halogenated alkanes) is 38. The van der Waals surface area contributed by atoms with Gasteiger partial charge in [-0.1, -0.05) is 265 Å². The van der Waals surface area contributed by atoms with Gasteiger partial charge in [0.2, 0.25) is 0 Å². The molecular formula is C53H102O6. The van der Waals surface area contributed by atoms with E-state index in [0.29, 0.717) is 19.3 Å². The third-order valence-electron chi connectivity index (χ3n) is 12.1. The molecular weight excluding hydrogens is 733 g/mol. The van der Waals surface area contributed by atoms with Gasteiger partial charge in [-0.15, -0.1) is 0 Å². The highest BCUT2D eigenvalue weighted by Crippen LogP contribution is 2.17. The van der Waals surface area contributed by atoms with Crippen LogP contribution in [0.5, 0.6) is 0 Å². The number of carbonyl (C=O) groups is 3. The largest absolute Gasteiger partial charge is 0.462 e. The first-order valence-electron chi connectivity index (χ1n) is 26.5. The lowest BCUT2D eigenvalue weighted by molar-refractivity contribution is -0.167. The molecule has 6 nitrogen and oxygen atoms in total. The van der Waals surface area contributed by atoms with Gasteiger partial charge in [0.25, 0.3) is 0 Å². The molecule has 0 spiro atoms. The van der Waals surface area contributed by atoms with Gasteiger partial charge < -0.3 is 14.2 Å². The van der Waals surface area contributed by atoms with Crippen molar-refractivity contribution in [3.8, 4) is 0 Å². The molecule has 0 fully saturated rings. The average Bonchev–Trinajstić information content (AvgIpc) is 3.23. The predicted molar refractivity (Wildman–Crippen MR) is 252 cm³/mol. The Balaban J connectivity index is 3.73. The highest BCUT2D eigenvalue weighted by atomic mass is 16.6. The number of hydrogen-bond acceptors (Lipinski definition) is 6. The Morgan fingerprint density at radius 3 is 0.678 bits per heavy atom. The maximum Gasteiger partial charge on any atom is 0.306 e. The fourth-order valence-electron chi connectivity index (χ4n) is 8.09. The second kappa shape index (κ2) is 49.1. The topological polar surface area (TPSA) is 78.9 Å². The first-order valence-corrected chi connectivity index (χ1v) is 26.5. The van der Waals surface area contributed by atoms with E-state index in [1.165, 1.54) is 199 Å². The Hall–Kier alpha value is -1.59. The predicted octanol–water partition coefficient (Wildman–Crippen LogP) is 17.2. The molecule has 0 rings (SSSR count). The van der Waals surface area contributed by atoms with Crippen LogP contribution in [0.3, 0.4) is 0 Å². The zero-order valence-corrected chi connectivity index (χ0v) is 40.1. The molecule has 0 amide bonds. The molecule has 0 N–H and O–H groups in total. The standard InChI is InChI=1S/C53H102O6/c1-4-7-10-13-15-16-17-18-19-20-21-22-23-24-25-26-27-28-29-30-31-32-33-34-35-36-37-38-41-43-46-52(55)58-49-50(48-57-51(54)45-42-39-12-9-6-3)59-53(56)47-44-40-14-11-8-5-2/h50H,4-49H2,1-3H3. The highest BCUT2D eigenvalue weighted by Gasteiger charge is 2.19. The molecule has 350 valence electrons. The number of ether oxygens (including phenoxy) is 3. The summed E-state index contributed by atoms with van der Waals surface area (Å²) >= 11 is 0. The van der Waals surface area contributed by atoms with Crippen molar-refractivity contribution in [2.24, 2.45) is 0 Å². The molecule has 1 unspecified atom stereocenters. The van der Waals surface area contributed by atoms with Crippen LogP contribution in [0.4, 0.5) is 0 Å². The van der Waals surface area contributed by atoms with Crippen LogP contribution in [-0.2, 0) is 28.6 Å². The van der Waals surface area contributed by atoms with Crippen LogP contribution >= 0.6 is 0 Å². The molecule has 59 heavy (non-hydrogen) atoms. The summed E-state index contributed by atoms with van der Waals surface area (Å²) < 4.78 is 16.5. The minimum Gasteiger partial charge on any atom is -0.462 e. The number of hydrogen-bond donors (Lipinski definition) is 0. The monoisotopic (exact) mass is 835 g/mol. The Morgan fingerprint density at radius 2 is 0.458 bits per heavy atom. The van der Waals surface area contributed by atoms with E-state index in [2.05, 4.69) is 20.8 Å². The van der Waals surface area contributed by atoms with Crippen LogP contribution in [-0.4, -0.2) is 37.2 Å². The molecule has 0 aliphatic heterocycles. The second-order valence-corrected chi connectivity index (χ2v) is 18.2. The summed E-state index contributed by atoms with van der Waals surface area (Å²) in [5.41, 5.74) is 0. The smallest absolute Gasteiger partial charge is 0.306 e. The van der Waals surface area contributed by atoms with E-state index < -0.39 is 6.10 Å². The molecule has 0 bridgehead atoms. The summed E-state index contributed by atoms with van der Waals surface area (Å²) in [6.45, 7) is 6.52. The highest BCUT2D eigenvalue weighted by molar-refractivity contribution is 5.71. The van der Waals surface area contributed by atoms with Crippen molar-refractivity contribution < 1.29 is 28.6 Å². The summed E-state index contributed by atoms with van der Waals surface area (Å²) in [5, 5.41) is 0. The Bertz CT molecular complexity index is 874. The van der Waals surface area contributed by atoms with Crippen molar-refractivity contribution >= 4 is 17.9 Å². The lowest BCUT2D eigenvalue weighted by atomic mass is 10.0. The summed E-state index contributed by atoms with van der Waals surface area (Å²) in [5.74, 6) is -0.876. The molecule has 0 aromatic rings. The SMILES string of the molecule is CCCCCCCCCCCCCCCCCCCCCCCCCCCCCCCCC(=O)OCC(COC(=O)CCCCCCC)OC(=O)CCCCCCCC. The van der Waals surface area contributed by atoms with Crippen molar-refractivity contribution in [1.82, 2.24) is 0 Å². The van der Waals surface area contributed by atoms with Gasteiger partial charge in [0.05, 0.1) is 0 Å². The summed E-state index contributed by atoms with van der Waals surface area (Å²) in [6, 6.07) is 0. The summed E-state index contributed by atoms with van der Waals surface area (Å²) in [6.07, 6.45) is 53.4. The second-order valence-electron chi connectivity index (χ2n) is 18.2. The van der Waals surface area contributed by atoms with Gasteiger partial charge in [0.15, 0.2) is 6.10 Å². The first-order chi connectivity index (χ1) is 29.0. The Labute approximate surface area is 368 Å². The van der Waals surface area contributed by atoms with Gasteiger partial charge in [0, 0.05) is 19.3 Å². The first kappa shape index (κ1) is 57.4. The maximum absolute atomic E-state index is 12.5. The van der Waals surface area contributed by atoms with E-state index in [0.717, 1.165) is 64.2 Å². The van der Waals surface area contributed by atoms with E-state index in [9.17, 15) is 14.4 Å². The van der Waals surface area contributed by atoms with Gasteiger partial charge >= 0.3 is 17.9 Å². The van der Waals surface area contributed by atoms with E-state index >= 15 is 0 Å². The molecule has 0 heterocycles. The van der Waals surface area contributed by atoms with E-state index in [1.807, 2.05) is 0 Å². The number of carbonyl (C=O) groups excluding carboxylic acids is 3. The molecule has 0 aromatic heterocycles. The van der Waals surface area contributed by atoms with Crippen LogP contribution < -0.4 is 0 Å². The molecule has 0 aromatic carbocycles. The van der Waals surface area contributed by atoms with Crippen LogP contribution in [0.1, 0.15) is 303 Å². The van der Waals surface area contributed by atoms with Crippen molar-refractivity contribution in [2.75, 3.05) is 13.2 Å². The molecule has 0 saturated carbocycles. The normalized spacial score (nSPS) is 11.8. The number of esters is 3. The molecule has 0 aliphatic rings.